The van der Waals surface area contributed by atoms with E-state index in [1.54, 1.807) is 6.20 Å². The second-order valence-corrected chi connectivity index (χ2v) is 10.3. The van der Waals surface area contributed by atoms with E-state index in [0.29, 0.717) is 0 Å². The van der Waals surface area contributed by atoms with Crippen molar-refractivity contribution >= 4 is 39.0 Å². The Hall–Kier alpha value is -4.95. The summed E-state index contributed by atoms with van der Waals surface area (Å²) in [6.07, 6.45) is 3.62. The molecule has 7 rings (SSSR count). The number of nitrogens with one attached hydrogen (secondary N) is 3. The minimum Gasteiger partial charge on any atom is -0.368 e. The van der Waals surface area contributed by atoms with Crippen LogP contribution >= 0.6 is 0 Å². The van der Waals surface area contributed by atoms with Crippen LogP contribution in [0, 0.1) is 0 Å². The SMILES string of the molecule is C=C(Nc1cncc(-c2ccc3[nH]nc(-c4cc5c(N6CCN(C)CC6)cccc5[nH]4)c3n2)c1)c1ccccc1. The fourth-order valence-corrected chi connectivity index (χ4v) is 5.37. The lowest BCUT2D eigenvalue weighted by Gasteiger charge is -2.34. The van der Waals surface area contributed by atoms with Crippen molar-refractivity contribution in [2.45, 2.75) is 0 Å². The summed E-state index contributed by atoms with van der Waals surface area (Å²) in [4.78, 5) is 17.9. The van der Waals surface area contributed by atoms with Gasteiger partial charge in [0.15, 0.2) is 0 Å². The van der Waals surface area contributed by atoms with Crippen molar-refractivity contribution in [3.05, 3.63) is 97.3 Å². The second-order valence-electron chi connectivity index (χ2n) is 10.3. The van der Waals surface area contributed by atoms with Crippen molar-refractivity contribution in [3.63, 3.8) is 0 Å². The van der Waals surface area contributed by atoms with E-state index in [-0.39, 0.29) is 0 Å². The second kappa shape index (κ2) is 9.98. The third kappa shape index (κ3) is 4.48. The summed E-state index contributed by atoms with van der Waals surface area (Å²) >= 11 is 0. The number of aromatic amines is 2. The minimum atomic E-state index is 0.803. The Morgan fingerprint density at radius 3 is 2.60 bits per heavy atom. The highest BCUT2D eigenvalue weighted by Crippen LogP contribution is 2.34. The molecule has 40 heavy (non-hydrogen) atoms. The first-order chi connectivity index (χ1) is 19.6. The van der Waals surface area contributed by atoms with Crippen molar-refractivity contribution < 1.29 is 0 Å². The van der Waals surface area contributed by atoms with Crippen LogP contribution in [0.1, 0.15) is 5.56 Å². The number of likely N-dealkylation sites (N-methyl/N-ethyl adjacent to an activating group) is 1. The first-order valence-electron chi connectivity index (χ1n) is 13.5. The van der Waals surface area contributed by atoms with Crippen LogP contribution in [-0.2, 0) is 0 Å². The molecule has 1 aliphatic rings. The molecule has 4 aromatic heterocycles. The summed E-state index contributed by atoms with van der Waals surface area (Å²) in [7, 11) is 2.18. The predicted octanol–water partition coefficient (Wildman–Crippen LogP) is 6.00. The van der Waals surface area contributed by atoms with Gasteiger partial charge in [-0.1, -0.05) is 43.0 Å². The Morgan fingerprint density at radius 1 is 0.900 bits per heavy atom. The number of fused-ring (bicyclic) bond motifs is 2. The molecule has 1 saturated heterocycles. The molecule has 0 bridgehead atoms. The van der Waals surface area contributed by atoms with Crippen LogP contribution in [0.2, 0.25) is 0 Å². The maximum Gasteiger partial charge on any atom is 0.135 e. The van der Waals surface area contributed by atoms with Crippen LogP contribution in [-0.4, -0.2) is 63.3 Å². The van der Waals surface area contributed by atoms with E-state index in [9.17, 15) is 0 Å². The summed E-state index contributed by atoms with van der Waals surface area (Å²) < 4.78 is 0. The van der Waals surface area contributed by atoms with Gasteiger partial charge in [0, 0.05) is 60.2 Å². The Balaban J connectivity index is 1.21. The van der Waals surface area contributed by atoms with E-state index in [0.717, 1.165) is 82.3 Å². The highest BCUT2D eigenvalue weighted by molar-refractivity contribution is 5.99. The van der Waals surface area contributed by atoms with E-state index in [1.165, 1.54) is 11.1 Å². The van der Waals surface area contributed by atoms with Crippen molar-refractivity contribution in [2.24, 2.45) is 0 Å². The van der Waals surface area contributed by atoms with Gasteiger partial charge in [-0.25, -0.2) is 4.98 Å². The zero-order valence-corrected chi connectivity index (χ0v) is 22.4. The number of nitrogens with zero attached hydrogens (tertiary/aromatic N) is 5. The Labute approximate surface area is 232 Å². The fourth-order valence-electron chi connectivity index (χ4n) is 5.37. The molecule has 0 atom stereocenters. The molecule has 2 aromatic carbocycles. The molecule has 1 fully saturated rings. The van der Waals surface area contributed by atoms with Gasteiger partial charge in [0.2, 0.25) is 0 Å². The van der Waals surface area contributed by atoms with Crippen LogP contribution in [0.3, 0.4) is 0 Å². The molecular weight excluding hydrogens is 496 g/mol. The molecule has 0 radical (unpaired) electrons. The molecule has 1 aliphatic heterocycles. The molecule has 8 heteroatoms. The van der Waals surface area contributed by atoms with Gasteiger partial charge in [0.25, 0.3) is 0 Å². The number of hydrogen-bond donors (Lipinski definition) is 3. The van der Waals surface area contributed by atoms with Crippen LogP contribution in [0.4, 0.5) is 11.4 Å². The zero-order valence-electron chi connectivity index (χ0n) is 22.4. The first-order valence-corrected chi connectivity index (χ1v) is 13.5. The number of pyridine rings is 2. The molecule has 0 saturated carbocycles. The lowest BCUT2D eigenvalue weighted by Crippen LogP contribution is -2.44. The number of benzene rings is 2. The molecular formula is C32H30N8. The number of anilines is 2. The van der Waals surface area contributed by atoms with Gasteiger partial charge in [0.05, 0.1) is 28.8 Å². The van der Waals surface area contributed by atoms with Crippen molar-refractivity contribution in [1.82, 2.24) is 30.0 Å². The highest BCUT2D eigenvalue weighted by atomic mass is 15.2. The topological polar surface area (TPSA) is 88.8 Å². The average molecular weight is 527 g/mol. The third-order valence-corrected chi connectivity index (χ3v) is 7.60. The van der Waals surface area contributed by atoms with Gasteiger partial charge in [-0.3, -0.25) is 10.1 Å². The summed E-state index contributed by atoms with van der Waals surface area (Å²) in [5.41, 5.74) is 10.2. The average Bonchev–Trinajstić information content (AvgIpc) is 3.62. The molecule has 3 N–H and O–H groups in total. The zero-order chi connectivity index (χ0) is 27.1. The Morgan fingerprint density at radius 2 is 1.75 bits per heavy atom. The molecule has 0 spiro atoms. The smallest absolute Gasteiger partial charge is 0.135 e. The van der Waals surface area contributed by atoms with Crippen molar-refractivity contribution in [1.29, 1.82) is 0 Å². The largest absolute Gasteiger partial charge is 0.368 e. The number of H-pyrrole nitrogens is 2. The van der Waals surface area contributed by atoms with Crippen molar-refractivity contribution in [2.75, 3.05) is 43.4 Å². The minimum absolute atomic E-state index is 0.803. The summed E-state index contributed by atoms with van der Waals surface area (Å²) in [6, 6.07) is 24.8. The van der Waals surface area contributed by atoms with Crippen LogP contribution in [0.5, 0.6) is 0 Å². The molecule has 8 nitrogen and oxygen atoms in total. The van der Waals surface area contributed by atoms with Gasteiger partial charge in [-0.15, -0.1) is 0 Å². The molecule has 198 valence electrons. The normalized spacial score (nSPS) is 14.2. The fraction of sp³-hybridized carbons (Fsp3) is 0.156. The molecule has 6 aromatic rings. The van der Waals surface area contributed by atoms with Crippen LogP contribution < -0.4 is 10.2 Å². The van der Waals surface area contributed by atoms with E-state index < -0.39 is 0 Å². The highest BCUT2D eigenvalue weighted by Gasteiger charge is 2.19. The lowest BCUT2D eigenvalue weighted by molar-refractivity contribution is 0.313. The summed E-state index contributed by atoms with van der Waals surface area (Å²) in [5, 5.41) is 12.4. The summed E-state index contributed by atoms with van der Waals surface area (Å²) in [6.45, 7) is 8.36. The van der Waals surface area contributed by atoms with Gasteiger partial charge in [0.1, 0.15) is 11.2 Å². The predicted molar refractivity (Wildman–Crippen MR) is 163 cm³/mol. The quantitative estimate of drug-likeness (QED) is 0.247. The molecule has 0 aliphatic carbocycles. The Kier molecular flexibility index (Phi) is 6.02. The number of aromatic nitrogens is 5. The van der Waals surface area contributed by atoms with Crippen LogP contribution in [0.15, 0.2) is 91.8 Å². The number of piperazine rings is 1. The standard InChI is InChI=1S/C32H30N8/c1-21(22-7-4-3-5-8-22)34-24-17-23(19-33-20-24)26-11-12-28-31(36-26)32(38-37-28)29-18-25-27(35-29)9-6-10-30(25)40-15-13-39(2)14-16-40/h3-12,17-20,34-35H,1,13-16H2,2H3,(H,37,38). The van der Waals surface area contributed by atoms with Gasteiger partial charge >= 0.3 is 0 Å². The maximum atomic E-state index is 5.03. The van der Waals surface area contributed by atoms with Gasteiger partial charge in [-0.2, -0.15) is 5.10 Å². The van der Waals surface area contributed by atoms with E-state index >= 15 is 0 Å². The Bertz CT molecular complexity index is 1830. The molecule has 5 heterocycles. The first kappa shape index (κ1) is 24.1. The van der Waals surface area contributed by atoms with E-state index in [2.05, 4.69) is 73.2 Å². The van der Waals surface area contributed by atoms with Crippen LogP contribution in [0.25, 0.3) is 50.3 Å². The van der Waals surface area contributed by atoms with Gasteiger partial charge in [-0.05, 0) is 49.0 Å². The maximum absolute atomic E-state index is 5.03. The molecule has 0 unspecified atom stereocenters. The number of rotatable bonds is 6. The van der Waals surface area contributed by atoms with Gasteiger partial charge < -0.3 is 20.1 Å². The van der Waals surface area contributed by atoms with E-state index in [1.807, 2.05) is 54.7 Å². The van der Waals surface area contributed by atoms with Crippen molar-refractivity contribution in [3.8, 4) is 22.6 Å². The van der Waals surface area contributed by atoms with E-state index in [4.69, 9.17) is 4.98 Å². The molecule has 0 amide bonds. The number of hydrogen-bond acceptors (Lipinski definition) is 6. The monoisotopic (exact) mass is 526 g/mol. The summed E-state index contributed by atoms with van der Waals surface area (Å²) in [5.74, 6) is 0. The lowest BCUT2D eigenvalue weighted by atomic mass is 10.1. The third-order valence-electron chi connectivity index (χ3n) is 7.60.